The lowest BCUT2D eigenvalue weighted by Gasteiger charge is -2.32. The van der Waals surface area contributed by atoms with Crippen LogP contribution >= 0.6 is 0 Å². The van der Waals surface area contributed by atoms with Crippen LogP contribution in [0.15, 0.2) is 0 Å². The van der Waals surface area contributed by atoms with Gasteiger partial charge in [0.1, 0.15) is 0 Å². The van der Waals surface area contributed by atoms with Gasteiger partial charge in [-0.05, 0) is 32.6 Å². The van der Waals surface area contributed by atoms with Gasteiger partial charge in [0.25, 0.3) is 0 Å². The molecule has 19 heavy (non-hydrogen) atoms. The summed E-state index contributed by atoms with van der Waals surface area (Å²) >= 11 is 0. The molecule has 0 aromatic carbocycles. The first-order valence-corrected chi connectivity index (χ1v) is 7.32. The molecule has 0 aromatic heterocycles. The molecule has 0 radical (unpaired) electrons. The van der Waals surface area contributed by atoms with E-state index in [0.717, 1.165) is 19.5 Å². The van der Waals surface area contributed by atoms with Gasteiger partial charge in [0.15, 0.2) is 0 Å². The van der Waals surface area contributed by atoms with Crippen molar-refractivity contribution >= 4 is 11.9 Å². The Morgan fingerprint density at radius 1 is 1.37 bits per heavy atom. The van der Waals surface area contributed by atoms with Gasteiger partial charge in [-0.1, -0.05) is 6.92 Å². The van der Waals surface area contributed by atoms with Crippen molar-refractivity contribution in [2.75, 3.05) is 19.6 Å². The fourth-order valence-corrected chi connectivity index (χ4v) is 2.97. The van der Waals surface area contributed by atoms with Crippen LogP contribution in [0.5, 0.6) is 0 Å². The quantitative estimate of drug-likeness (QED) is 0.823. The van der Waals surface area contributed by atoms with Gasteiger partial charge in [0.2, 0.25) is 5.91 Å². The maximum Gasteiger partial charge on any atom is 0.317 e. The Kier molecular flexibility index (Phi) is 4.32. The number of amides is 3. The molecule has 108 valence electrons. The van der Waals surface area contributed by atoms with Crippen molar-refractivity contribution in [1.29, 1.82) is 0 Å². The standard InChI is InChI=1S/C14H25N3O2/c1-10(2)17-9-12(7-13(17)18)15-14(19)16-6-4-5-11(3)8-16/h10-12H,4-9H2,1-3H3,(H,15,19). The predicted molar refractivity (Wildman–Crippen MR) is 73.8 cm³/mol. The first-order chi connectivity index (χ1) is 8.97. The van der Waals surface area contributed by atoms with E-state index in [9.17, 15) is 9.59 Å². The average Bonchev–Trinajstić information content (AvgIpc) is 2.70. The highest BCUT2D eigenvalue weighted by molar-refractivity contribution is 5.82. The third-order valence-electron chi connectivity index (χ3n) is 4.05. The zero-order valence-electron chi connectivity index (χ0n) is 12.2. The third-order valence-corrected chi connectivity index (χ3v) is 4.05. The second-order valence-corrected chi connectivity index (χ2v) is 6.18. The summed E-state index contributed by atoms with van der Waals surface area (Å²) < 4.78 is 0. The highest BCUT2D eigenvalue weighted by Gasteiger charge is 2.33. The molecule has 2 fully saturated rings. The lowest BCUT2D eigenvalue weighted by Crippen LogP contribution is -2.49. The van der Waals surface area contributed by atoms with Crippen LogP contribution in [0.2, 0.25) is 0 Å². The Labute approximate surface area is 115 Å². The molecule has 5 heteroatoms. The van der Waals surface area contributed by atoms with Crippen molar-refractivity contribution < 1.29 is 9.59 Å². The summed E-state index contributed by atoms with van der Waals surface area (Å²) in [6, 6.07) is 0.180. The summed E-state index contributed by atoms with van der Waals surface area (Å²) in [6.45, 7) is 8.51. The Morgan fingerprint density at radius 3 is 2.68 bits per heavy atom. The van der Waals surface area contributed by atoms with Crippen LogP contribution in [-0.4, -0.2) is 53.5 Å². The number of urea groups is 1. The molecule has 2 aliphatic heterocycles. The van der Waals surface area contributed by atoms with Crippen molar-refractivity contribution in [3.8, 4) is 0 Å². The topological polar surface area (TPSA) is 52.7 Å². The van der Waals surface area contributed by atoms with Crippen molar-refractivity contribution in [3.05, 3.63) is 0 Å². The average molecular weight is 267 g/mol. The van der Waals surface area contributed by atoms with Gasteiger partial charge in [-0.25, -0.2) is 4.79 Å². The van der Waals surface area contributed by atoms with E-state index in [1.54, 1.807) is 0 Å². The van der Waals surface area contributed by atoms with E-state index < -0.39 is 0 Å². The number of carbonyl (C=O) groups excluding carboxylic acids is 2. The van der Waals surface area contributed by atoms with E-state index in [4.69, 9.17) is 0 Å². The fraction of sp³-hybridized carbons (Fsp3) is 0.857. The van der Waals surface area contributed by atoms with Crippen LogP contribution in [0.1, 0.15) is 40.0 Å². The first kappa shape index (κ1) is 14.2. The Hall–Kier alpha value is -1.26. The van der Waals surface area contributed by atoms with Crippen LogP contribution in [0.25, 0.3) is 0 Å². The summed E-state index contributed by atoms with van der Waals surface area (Å²) in [5.41, 5.74) is 0. The number of hydrogen-bond donors (Lipinski definition) is 1. The molecule has 2 saturated heterocycles. The van der Waals surface area contributed by atoms with Gasteiger partial charge in [-0.15, -0.1) is 0 Å². The molecule has 2 unspecified atom stereocenters. The summed E-state index contributed by atoms with van der Waals surface area (Å²) in [6.07, 6.45) is 2.72. The molecule has 0 spiro atoms. The maximum absolute atomic E-state index is 12.2. The minimum atomic E-state index is -0.0281. The van der Waals surface area contributed by atoms with Gasteiger partial charge in [-0.3, -0.25) is 4.79 Å². The number of rotatable bonds is 2. The highest BCUT2D eigenvalue weighted by atomic mass is 16.2. The number of nitrogens with one attached hydrogen (secondary N) is 1. The Balaban J connectivity index is 1.85. The van der Waals surface area contributed by atoms with Crippen LogP contribution < -0.4 is 5.32 Å². The van der Waals surface area contributed by atoms with Crippen LogP contribution in [0, 0.1) is 5.92 Å². The molecular formula is C14H25N3O2. The molecule has 0 aliphatic carbocycles. The molecule has 2 rings (SSSR count). The smallest absolute Gasteiger partial charge is 0.317 e. The summed E-state index contributed by atoms with van der Waals surface area (Å²) in [5.74, 6) is 0.726. The molecule has 0 bridgehead atoms. The van der Waals surface area contributed by atoms with Gasteiger partial charge < -0.3 is 15.1 Å². The van der Waals surface area contributed by atoms with Crippen molar-refractivity contribution in [3.63, 3.8) is 0 Å². The monoisotopic (exact) mass is 267 g/mol. The van der Waals surface area contributed by atoms with E-state index in [2.05, 4.69) is 12.2 Å². The molecular weight excluding hydrogens is 242 g/mol. The molecule has 1 N–H and O–H groups in total. The van der Waals surface area contributed by atoms with Crippen LogP contribution in [0.4, 0.5) is 4.79 Å². The van der Waals surface area contributed by atoms with Crippen LogP contribution in [0.3, 0.4) is 0 Å². The largest absolute Gasteiger partial charge is 0.338 e. The maximum atomic E-state index is 12.2. The number of nitrogens with zero attached hydrogens (tertiary/aromatic N) is 2. The van der Waals surface area contributed by atoms with Crippen LogP contribution in [-0.2, 0) is 4.79 Å². The normalized spacial score (nSPS) is 28.1. The molecule has 5 nitrogen and oxygen atoms in total. The molecule has 2 heterocycles. The second-order valence-electron chi connectivity index (χ2n) is 6.18. The predicted octanol–water partition coefficient (Wildman–Crippen LogP) is 1.44. The van der Waals surface area contributed by atoms with E-state index in [0.29, 0.717) is 18.9 Å². The number of carbonyl (C=O) groups is 2. The SMILES string of the molecule is CC1CCCN(C(=O)NC2CC(=O)N(C(C)C)C2)C1. The number of piperidine rings is 1. The minimum Gasteiger partial charge on any atom is -0.338 e. The zero-order valence-corrected chi connectivity index (χ0v) is 12.2. The number of hydrogen-bond acceptors (Lipinski definition) is 2. The Bertz CT molecular complexity index is 357. The molecule has 2 aliphatic rings. The summed E-state index contributed by atoms with van der Waals surface area (Å²) in [7, 11) is 0. The summed E-state index contributed by atoms with van der Waals surface area (Å²) in [5, 5.41) is 3.01. The van der Waals surface area contributed by atoms with E-state index in [1.807, 2.05) is 23.6 Å². The zero-order chi connectivity index (χ0) is 14.0. The molecule has 2 atom stereocenters. The first-order valence-electron chi connectivity index (χ1n) is 7.32. The van der Waals surface area contributed by atoms with Gasteiger partial charge in [-0.2, -0.15) is 0 Å². The van der Waals surface area contributed by atoms with Crippen molar-refractivity contribution in [2.24, 2.45) is 5.92 Å². The van der Waals surface area contributed by atoms with Crippen molar-refractivity contribution in [2.45, 2.75) is 52.1 Å². The van der Waals surface area contributed by atoms with Gasteiger partial charge in [0.05, 0.1) is 6.04 Å². The molecule has 0 aromatic rings. The summed E-state index contributed by atoms with van der Waals surface area (Å²) in [4.78, 5) is 27.7. The fourth-order valence-electron chi connectivity index (χ4n) is 2.97. The van der Waals surface area contributed by atoms with E-state index >= 15 is 0 Å². The Morgan fingerprint density at radius 2 is 2.11 bits per heavy atom. The second kappa shape index (κ2) is 5.80. The number of likely N-dealkylation sites (tertiary alicyclic amines) is 2. The highest BCUT2D eigenvalue weighted by Crippen LogP contribution is 2.17. The van der Waals surface area contributed by atoms with Gasteiger partial charge >= 0.3 is 6.03 Å². The van der Waals surface area contributed by atoms with Gasteiger partial charge in [0, 0.05) is 32.1 Å². The lowest BCUT2D eigenvalue weighted by atomic mass is 10.0. The minimum absolute atomic E-state index is 0.00467. The molecule has 0 saturated carbocycles. The molecule has 3 amide bonds. The van der Waals surface area contributed by atoms with Crippen molar-refractivity contribution in [1.82, 2.24) is 15.1 Å². The van der Waals surface area contributed by atoms with E-state index in [1.165, 1.54) is 6.42 Å². The van der Waals surface area contributed by atoms with E-state index in [-0.39, 0.29) is 24.0 Å². The third kappa shape index (κ3) is 3.39. The lowest BCUT2D eigenvalue weighted by molar-refractivity contribution is -0.129.